The van der Waals surface area contributed by atoms with Gasteiger partial charge in [-0.25, -0.2) is 0 Å². The molecular formula is C19H25N3O2. The van der Waals surface area contributed by atoms with Crippen molar-refractivity contribution in [2.45, 2.75) is 38.8 Å². The maximum Gasteiger partial charge on any atom is 0.240 e. The van der Waals surface area contributed by atoms with Gasteiger partial charge in [0.15, 0.2) is 0 Å². The molecule has 5 heteroatoms. The largest absolute Gasteiger partial charge is 0.368 e. The van der Waals surface area contributed by atoms with Crippen molar-refractivity contribution in [3.63, 3.8) is 0 Å². The fourth-order valence-electron chi connectivity index (χ4n) is 2.79. The molecule has 0 aromatic heterocycles. The standard InChI is InChI=1S/C19H25N3O2/c1-3-12(2)17(18(21)23)22-19(24)16(20)11-14-9-6-8-13-7-4-5-10-15(13)14/h4-10,12,16-17H,3,11,20H2,1-2H3,(H2,21,23)(H,22,24)/t12?,16-,17-/m0/s1. The van der Waals surface area contributed by atoms with Crippen molar-refractivity contribution < 1.29 is 9.59 Å². The second-order valence-corrected chi connectivity index (χ2v) is 6.22. The normalized spacial score (nSPS) is 14.8. The minimum atomic E-state index is -0.735. The summed E-state index contributed by atoms with van der Waals surface area (Å²) in [6.45, 7) is 3.83. The number of nitrogens with one attached hydrogen (secondary N) is 1. The third-order valence-electron chi connectivity index (χ3n) is 4.47. The van der Waals surface area contributed by atoms with Gasteiger partial charge in [0, 0.05) is 0 Å². The van der Waals surface area contributed by atoms with E-state index in [0.29, 0.717) is 6.42 Å². The Bertz CT molecular complexity index is 724. The van der Waals surface area contributed by atoms with Crippen molar-refractivity contribution in [1.29, 1.82) is 0 Å². The topological polar surface area (TPSA) is 98.2 Å². The Labute approximate surface area is 142 Å². The SMILES string of the molecule is CCC(C)[C@H](NC(=O)[C@@H](N)Cc1cccc2ccccc12)C(N)=O. The minimum Gasteiger partial charge on any atom is -0.368 e. The smallest absolute Gasteiger partial charge is 0.240 e. The third-order valence-corrected chi connectivity index (χ3v) is 4.47. The molecular weight excluding hydrogens is 302 g/mol. The molecule has 2 amide bonds. The second-order valence-electron chi connectivity index (χ2n) is 6.22. The van der Waals surface area contributed by atoms with Gasteiger partial charge in [-0.2, -0.15) is 0 Å². The summed E-state index contributed by atoms with van der Waals surface area (Å²) in [4.78, 5) is 23.9. The van der Waals surface area contributed by atoms with Crippen molar-refractivity contribution >= 4 is 22.6 Å². The van der Waals surface area contributed by atoms with Crippen LogP contribution in [0.2, 0.25) is 0 Å². The van der Waals surface area contributed by atoms with Gasteiger partial charge in [-0.05, 0) is 28.7 Å². The number of fused-ring (bicyclic) bond motifs is 1. The number of hydrogen-bond acceptors (Lipinski definition) is 3. The second kappa shape index (κ2) is 7.93. The lowest BCUT2D eigenvalue weighted by Crippen LogP contribution is -2.53. The molecule has 2 aromatic rings. The molecule has 3 atom stereocenters. The van der Waals surface area contributed by atoms with Gasteiger partial charge in [0.2, 0.25) is 11.8 Å². The summed E-state index contributed by atoms with van der Waals surface area (Å²) in [7, 11) is 0. The van der Waals surface area contributed by atoms with Crippen LogP contribution in [-0.4, -0.2) is 23.9 Å². The summed E-state index contributed by atoms with van der Waals surface area (Å²) in [6, 6.07) is 12.5. The first-order valence-corrected chi connectivity index (χ1v) is 8.26. The van der Waals surface area contributed by atoms with Crippen LogP contribution in [0, 0.1) is 5.92 Å². The molecule has 1 unspecified atom stereocenters. The zero-order valence-corrected chi connectivity index (χ0v) is 14.2. The monoisotopic (exact) mass is 327 g/mol. The molecule has 0 aliphatic heterocycles. The van der Waals surface area contributed by atoms with Crippen molar-refractivity contribution in [3.05, 3.63) is 48.0 Å². The van der Waals surface area contributed by atoms with Crippen LogP contribution < -0.4 is 16.8 Å². The Morgan fingerprint density at radius 2 is 1.79 bits per heavy atom. The Kier molecular flexibility index (Phi) is 5.93. The lowest BCUT2D eigenvalue weighted by atomic mass is 9.96. The average molecular weight is 327 g/mol. The fraction of sp³-hybridized carbons (Fsp3) is 0.368. The molecule has 0 fully saturated rings. The number of nitrogens with two attached hydrogens (primary N) is 2. The maximum atomic E-state index is 12.4. The minimum absolute atomic E-state index is 0.0313. The van der Waals surface area contributed by atoms with E-state index in [-0.39, 0.29) is 11.8 Å². The van der Waals surface area contributed by atoms with Gasteiger partial charge >= 0.3 is 0 Å². The van der Waals surface area contributed by atoms with E-state index >= 15 is 0 Å². The Morgan fingerprint density at radius 3 is 2.46 bits per heavy atom. The number of carbonyl (C=O) groups excluding carboxylic acids is 2. The van der Waals surface area contributed by atoms with Crippen LogP contribution in [0.25, 0.3) is 10.8 Å². The molecule has 5 N–H and O–H groups in total. The fourth-order valence-corrected chi connectivity index (χ4v) is 2.79. The van der Waals surface area contributed by atoms with Crippen LogP contribution in [0.3, 0.4) is 0 Å². The van der Waals surface area contributed by atoms with Crippen LogP contribution in [-0.2, 0) is 16.0 Å². The predicted molar refractivity (Wildman–Crippen MR) is 96.2 cm³/mol. The number of carbonyl (C=O) groups is 2. The van der Waals surface area contributed by atoms with E-state index in [2.05, 4.69) is 5.32 Å². The first-order valence-electron chi connectivity index (χ1n) is 8.26. The molecule has 0 saturated heterocycles. The van der Waals surface area contributed by atoms with Gasteiger partial charge in [-0.1, -0.05) is 62.7 Å². The van der Waals surface area contributed by atoms with E-state index in [0.717, 1.165) is 22.8 Å². The summed E-state index contributed by atoms with van der Waals surface area (Å²) >= 11 is 0. The van der Waals surface area contributed by atoms with E-state index in [1.807, 2.05) is 56.3 Å². The number of benzene rings is 2. The number of primary amides is 1. The maximum absolute atomic E-state index is 12.4. The van der Waals surface area contributed by atoms with Crippen molar-refractivity contribution in [2.75, 3.05) is 0 Å². The van der Waals surface area contributed by atoms with E-state index in [1.54, 1.807) is 0 Å². The molecule has 0 saturated carbocycles. The molecule has 0 aliphatic carbocycles. The number of hydrogen-bond donors (Lipinski definition) is 3. The highest BCUT2D eigenvalue weighted by Crippen LogP contribution is 2.19. The highest BCUT2D eigenvalue weighted by atomic mass is 16.2. The average Bonchev–Trinajstić information content (AvgIpc) is 2.58. The van der Waals surface area contributed by atoms with Crippen LogP contribution in [0.5, 0.6) is 0 Å². The first-order chi connectivity index (χ1) is 11.4. The van der Waals surface area contributed by atoms with Gasteiger partial charge in [-0.15, -0.1) is 0 Å². The molecule has 24 heavy (non-hydrogen) atoms. The number of rotatable bonds is 7. The van der Waals surface area contributed by atoms with Crippen molar-refractivity contribution in [1.82, 2.24) is 5.32 Å². The van der Waals surface area contributed by atoms with Crippen LogP contribution >= 0.6 is 0 Å². The van der Waals surface area contributed by atoms with E-state index in [9.17, 15) is 9.59 Å². The van der Waals surface area contributed by atoms with Crippen molar-refractivity contribution in [3.8, 4) is 0 Å². The molecule has 0 bridgehead atoms. The summed E-state index contributed by atoms with van der Waals surface area (Å²) < 4.78 is 0. The lowest BCUT2D eigenvalue weighted by molar-refractivity contribution is -0.129. The Balaban J connectivity index is 2.12. The summed E-state index contributed by atoms with van der Waals surface area (Å²) in [5.74, 6) is -0.918. The van der Waals surface area contributed by atoms with Crippen LogP contribution in [0.4, 0.5) is 0 Å². The quantitative estimate of drug-likeness (QED) is 0.722. The molecule has 0 heterocycles. The zero-order valence-electron chi connectivity index (χ0n) is 14.2. The van der Waals surface area contributed by atoms with E-state index in [4.69, 9.17) is 11.5 Å². The van der Waals surface area contributed by atoms with Gasteiger partial charge in [0.05, 0.1) is 6.04 Å². The molecule has 0 aliphatic rings. The summed E-state index contributed by atoms with van der Waals surface area (Å²) in [5, 5.41) is 4.89. The molecule has 128 valence electrons. The Morgan fingerprint density at radius 1 is 1.12 bits per heavy atom. The first kappa shape index (κ1) is 17.9. The van der Waals surface area contributed by atoms with Crippen LogP contribution in [0.1, 0.15) is 25.8 Å². The highest BCUT2D eigenvalue weighted by molar-refractivity contribution is 5.90. The molecule has 2 rings (SSSR count). The molecule has 2 aromatic carbocycles. The number of amides is 2. The van der Waals surface area contributed by atoms with Gasteiger partial charge in [-0.3, -0.25) is 9.59 Å². The van der Waals surface area contributed by atoms with Crippen molar-refractivity contribution in [2.24, 2.45) is 17.4 Å². The molecule has 0 radical (unpaired) electrons. The zero-order chi connectivity index (χ0) is 17.7. The molecule has 0 spiro atoms. The summed E-state index contributed by atoms with van der Waals surface area (Å²) in [6.07, 6.45) is 1.14. The Hall–Kier alpha value is -2.40. The van der Waals surface area contributed by atoms with E-state index < -0.39 is 18.0 Å². The van der Waals surface area contributed by atoms with Gasteiger partial charge in [0.25, 0.3) is 0 Å². The molecule has 5 nitrogen and oxygen atoms in total. The lowest BCUT2D eigenvalue weighted by Gasteiger charge is -2.23. The van der Waals surface area contributed by atoms with E-state index in [1.165, 1.54) is 0 Å². The van der Waals surface area contributed by atoms with Crippen LogP contribution in [0.15, 0.2) is 42.5 Å². The van der Waals surface area contributed by atoms with Gasteiger partial charge in [0.1, 0.15) is 6.04 Å². The third kappa shape index (κ3) is 4.11. The van der Waals surface area contributed by atoms with Gasteiger partial charge < -0.3 is 16.8 Å². The predicted octanol–water partition coefficient (Wildman–Crippen LogP) is 1.73. The highest BCUT2D eigenvalue weighted by Gasteiger charge is 2.26. The summed E-state index contributed by atoms with van der Waals surface area (Å²) in [5.41, 5.74) is 12.5.